The van der Waals surface area contributed by atoms with E-state index in [2.05, 4.69) is 48.6 Å². The Morgan fingerprint density at radius 1 is 1.21 bits per heavy atom. The summed E-state index contributed by atoms with van der Waals surface area (Å²) in [6, 6.07) is 13.4. The fourth-order valence-electron chi connectivity index (χ4n) is 2.21. The van der Waals surface area contributed by atoms with E-state index in [0.717, 1.165) is 32.2 Å². The third-order valence-corrected chi connectivity index (χ3v) is 3.53. The van der Waals surface area contributed by atoms with E-state index in [1.54, 1.807) is 0 Å². The van der Waals surface area contributed by atoms with Crippen LogP contribution in [-0.2, 0) is 0 Å². The first-order valence-corrected chi connectivity index (χ1v) is 7.28. The lowest BCUT2D eigenvalue weighted by atomic mass is 9.89. The Morgan fingerprint density at radius 3 is 2.47 bits per heavy atom. The van der Waals surface area contributed by atoms with Gasteiger partial charge in [0.25, 0.3) is 0 Å². The molecule has 0 aliphatic carbocycles. The fourth-order valence-corrected chi connectivity index (χ4v) is 2.21. The highest BCUT2D eigenvalue weighted by atomic mass is 14.9. The number of benzene rings is 1. The molecule has 2 nitrogen and oxygen atoms in total. The minimum Gasteiger partial charge on any atom is -0.310 e. The van der Waals surface area contributed by atoms with Gasteiger partial charge in [-0.15, -0.1) is 0 Å². The third kappa shape index (κ3) is 5.89. The van der Waals surface area contributed by atoms with Crippen molar-refractivity contribution in [1.29, 1.82) is 5.26 Å². The van der Waals surface area contributed by atoms with Gasteiger partial charge >= 0.3 is 0 Å². The van der Waals surface area contributed by atoms with Gasteiger partial charge in [-0.2, -0.15) is 5.26 Å². The average molecular weight is 258 g/mol. The Kier molecular flexibility index (Phi) is 6.59. The predicted molar refractivity (Wildman–Crippen MR) is 80.7 cm³/mol. The van der Waals surface area contributed by atoms with Gasteiger partial charge in [0.2, 0.25) is 0 Å². The number of nitrogens with one attached hydrogen (secondary N) is 1. The van der Waals surface area contributed by atoms with Crippen molar-refractivity contribution in [2.24, 2.45) is 5.41 Å². The molecule has 1 unspecified atom stereocenters. The van der Waals surface area contributed by atoms with Crippen molar-refractivity contribution in [2.45, 2.75) is 52.5 Å². The zero-order valence-corrected chi connectivity index (χ0v) is 12.4. The van der Waals surface area contributed by atoms with E-state index in [1.165, 1.54) is 5.56 Å². The first kappa shape index (κ1) is 15.7. The molecule has 1 atom stereocenters. The van der Waals surface area contributed by atoms with Crippen LogP contribution in [0.2, 0.25) is 0 Å². The third-order valence-electron chi connectivity index (χ3n) is 3.53. The minimum atomic E-state index is -0.177. The molecule has 1 aromatic rings. The Balaban J connectivity index is 2.27. The standard InChI is InChI=1S/C17H26N2/c1-4-16(15-10-6-5-7-11-15)19-13-9-8-12-17(2,3)14-18/h5-7,10-11,16,19H,4,8-9,12-13H2,1-3H3. The summed E-state index contributed by atoms with van der Waals surface area (Å²) in [4.78, 5) is 0. The van der Waals surface area contributed by atoms with E-state index < -0.39 is 0 Å². The maximum atomic E-state index is 8.96. The van der Waals surface area contributed by atoms with Crippen LogP contribution in [0.1, 0.15) is 58.1 Å². The molecule has 0 aromatic heterocycles. The van der Waals surface area contributed by atoms with Crippen molar-refractivity contribution in [3.8, 4) is 6.07 Å². The Hall–Kier alpha value is -1.33. The first-order valence-electron chi connectivity index (χ1n) is 7.28. The van der Waals surface area contributed by atoms with Gasteiger partial charge in [0, 0.05) is 6.04 Å². The van der Waals surface area contributed by atoms with Crippen LogP contribution in [0.4, 0.5) is 0 Å². The fraction of sp³-hybridized carbons (Fsp3) is 0.588. The lowest BCUT2D eigenvalue weighted by Crippen LogP contribution is -2.22. The molecule has 0 aliphatic rings. The van der Waals surface area contributed by atoms with E-state index in [1.807, 2.05) is 13.8 Å². The number of nitriles is 1. The van der Waals surface area contributed by atoms with Gasteiger partial charge in [0.15, 0.2) is 0 Å². The number of rotatable bonds is 8. The molecule has 2 heteroatoms. The zero-order valence-electron chi connectivity index (χ0n) is 12.4. The van der Waals surface area contributed by atoms with Gasteiger partial charge in [-0.1, -0.05) is 43.7 Å². The van der Waals surface area contributed by atoms with Gasteiger partial charge in [-0.05, 0) is 45.2 Å². The molecule has 0 spiro atoms. The van der Waals surface area contributed by atoms with Crippen LogP contribution in [0.5, 0.6) is 0 Å². The molecular formula is C17H26N2. The molecule has 0 bridgehead atoms. The summed E-state index contributed by atoms with van der Waals surface area (Å²) in [5, 5.41) is 12.6. The van der Waals surface area contributed by atoms with Crippen molar-refractivity contribution in [3.63, 3.8) is 0 Å². The second kappa shape index (κ2) is 7.96. The maximum Gasteiger partial charge on any atom is 0.0683 e. The molecule has 104 valence electrons. The van der Waals surface area contributed by atoms with Crippen LogP contribution in [-0.4, -0.2) is 6.54 Å². The molecule has 0 amide bonds. The van der Waals surface area contributed by atoms with Crippen LogP contribution < -0.4 is 5.32 Å². The maximum absolute atomic E-state index is 8.96. The molecular weight excluding hydrogens is 232 g/mol. The van der Waals surface area contributed by atoms with Crippen molar-refractivity contribution < 1.29 is 0 Å². The highest BCUT2D eigenvalue weighted by Crippen LogP contribution is 2.21. The van der Waals surface area contributed by atoms with E-state index in [4.69, 9.17) is 5.26 Å². The molecule has 0 saturated carbocycles. The summed E-state index contributed by atoms with van der Waals surface area (Å²) in [6.07, 6.45) is 4.33. The lowest BCUT2D eigenvalue weighted by molar-refractivity contribution is 0.414. The molecule has 1 aromatic carbocycles. The molecule has 0 fully saturated rings. The molecule has 1 rings (SSSR count). The molecule has 1 N–H and O–H groups in total. The zero-order chi connectivity index (χ0) is 14.1. The van der Waals surface area contributed by atoms with Crippen molar-refractivity contribution in [2.75, 3.05) is 6.54 Å². The normalized spacial score (nSPS) is 12.9. The van der Waals surface area contributed by atoms with Crippen LogP contribution in [0.25, 0.3) is 0 Å². The number of hydrogen-bond donors (Lipinski definition) is 1. The van der Waals surface area contributed by atoms with E-state index >= 15 is 0 Å². The molecule has 19 heavy (non-hydrogen) atoms. The summed E-state index contributed by atoms with van der Waals surface area (Å²) >= 11 is 0. The number of hydrogen-bond acceptors (Lipinski definition) is 2. The van der Waals surface area contributed by atoms with Crippen LogP contribution in [0.15, 0.2) is 30.3 Å². The first-order chi connectivity index (χ1) is 9.09. The quantitative estimate of drug-likeness (QED) is 0.699. The van der Waals surface area contributed by atoms with Crippen molar-refractivity contribution in [3.05, 3.63) is 35.9 Å². The van der Waals surface area contributed by atoms with E-state index in [0.29, 0.717) is 6.04 Å². The van der Waals surface area contributed by atoms with Crippen LogP contribution in [0.3, 0.4) is 0 Å². The SMILES string of the molecule is CCC(NCCCCC(C)(C)C#N)c1ccccc1. The summed E-state index contributed by atoms with van der Waals surface area (Å²) in [7, 11) is 0. The molecule has 0 heterocycles. The van der Waals surface area contributed by atoms with Crippen molar-refractivity contribution in [1.82, 2.24) is 5.32 Å². The van der Waals surface area contributed by atoms with Crippen LogP contribution in [0, 0.1) is 16.7 Å². The van der Waals surface area contributed by atoms with Crippen molar-refractivity contribution >= 4 is 0 Å². The van der Waals surface area contributed by atoms with Gasteiger partial charge < -0.3 is 5.32 Å². The minimum absolute atomic E-state index is 0.177. The summed E-state index contributed by atoms with van der Waals surface area (Å²) in [6.45, 7) is 7.26. The van der Waals surface area contributed by atoms with E-state index in [9.17, 15) is 0 Å². The van der Waals surface area contributed by atoms with E-state index in [-0.39, 0.29) is 5.41 Å². The monoisotopic (exact) mass is 258 g/mol. The predicted octanol–water partition coefficient (Wildman–Crippen LogP) is 4.45. The lowest BCUT2D eigenvalue weighted by Gasteiger charge is -2.18. The smallest absolute Gasteiger partial charge is 0.0683 e. The van der Waals surface area contributed by atoms with Gasteiger partial charge in [0.1, 0.15) is 0 Å². The Morgan fingerprint density at radius 2 is 1.89 bits per heavy atom. The second-order valence-corrected chi connectivity index (χ2v) is 5.78. The summed E-state index contributed by atoms with van der Waals surface area (Å²) in [5.74, 6) is 0. The molecule has 0 saturated heterocycles. The topological polar surface area (TPSA) is 35.8 Å². The van der Waals surface area contributed by atoms with Gasteiger partial charge in [-0.25, -0.2) is 0 Å². The molecule has 0 aliphatic heterocycles. The molecule has 0 radical (unpaired) electrons. The number of nitrogens with zero attached hydrogens (tertiary/aromatic N) is 1. The van der Waals surface area contributed by atoms with Gasteiger partial charge in [0.05, 0.1) is 11.5 Å². The summed E-state index contributed by atoms with van der Waals surface area (Å²) in [5.41, 5.74) is 1.19. The number of unbranched alkanes of at least 4 members (excludes halogenated alkanes) is 1. The van der Waals surface area contributed by atoms with Crippen LogP contribution >= 0.6 is 0 Å². The highest BCUT2D eigenvalue weighted by molar-refractivity contribution is 5.18. The van der Waals surface area contributed by atoms with Gasteiger partial charge in [-0.3, -0.25) is 0 Å². The summed E-state index contributed by atoms with van der Waals surface area (Å²) < 4.78 is 0. The average Bonchev–Trinajstić information content (AvgIpc) is 2.44. The second-order valence-electron chi connectivity index (χ2n) is 5.78. The largest absolute Gasteiger partial charge is 0.310 e. The highest BCUT2D eigenvalue weighted by Gasteiger charge is 2.15. The Bertz CT molecular complexity index is 389. The Labute approximate surface area is 117 Å².